The molecule has 3 rings (SSSR count). The van der Waals surface area contributed by atoms with Gasteiger partial charge in [0.15, 0.2) is 0 Å². The van der Waals surface area contributed by atoms with Gasteiger partial charge in [-0.1, -0.05) is 0 Å². The van der Waals surface area contributed by atoms with Crippen molar-refractivity contribution in [1.82, 2.24) is 19.8 Å². The van der Waals surface area contributed by atoms with Crippen LogP contribution >= 0.6 is 0 Å². The van der Waals surface area contributed by atoms with Gasteiger partial charge in [-0.25, -0.2) is 4.98 Å². The summed E-state index contributed by atoms with van der Waals surface area (Å²) in [6, 6.07) is 0. The highest BCUT2D eigenvalue weighted by molar-refractivity contribution is 5.09. The van der Waals surface area contributed by atoms with Gasteiger partial charge in [0.1, 0.15) is 0 Å². The van der Waals surface area contributed by atoms with Gasteiger partial charge in [-0.2, -0.15) is 0 Å². The van der Waals surface area contributed by atoms with Gasteiger partial charge in [-0.15, -0.1) is 0 Å². The van der Waals surface area contributed by atoms with Crippen LogP contribution in [0, 0.1) is 0 Å². The molecule has 18 heavy (non-hydrogen) atoms. The van der Waals surface area contributed by atoms with E-state index in [1.165, 1.54) is 12.1 Å². The van der Waals surface area contributed by atoms with E-state index in [0.717, 1.165) is 52.5 Å². The molecule has 2 aliphatic rings. The van der Waals surface area contributed by atoms with Crippen molar-refractivity contribution in [3.8, 4) is 0 Å². The molecule has 2 saturated heterocycles. The van der Waals surface area contributed by atoms with Crippen LogP contribution in [0.1, 0.15) is 18.0 Å². The molecule has 3 heterocycles. The number of hydrogen-bond acceptors (Lipinski definition) is 4. The van der Waals surface area contributed by atoms with Crippen molar-refractivity contribution in [3.05, 3.63) is 18.2 Å². The lowest BCUT2D eigenvalue weighted by Crippen LogP contribution is -2.38. The molecule has 0 aliphatic carbocycles. The Morgan fingerprint density at radius 2 is 2.22 bits per heavy atom. The van der Waals surface area contributed by atoms with Crippen molar-refractivity contribution >= 4 is 0 Å². The molecule has 2 fully saturated rings. The fourth-order valence-corrected chi connectivity index (χ4v) is 2.84. The molecule has 1 aromatic rings. The van der Waals surface area contributed by atoms with Crippen LogP contribution in [0.15, 0.2) is 12.5 Å². The van der Waals surface area contributed by atoms with E-state index in [4.69, 9.17) is 4.74 Å². The van der Waals surface area contributed by atoms with E-state index < -0.39 is 0 Å². The minimum Gasteiger partial charge on any atom is -0.379 e. The molecule has 1 atom stereocenters. The highest BCUT2D eigenvalue weighted by atomic mass is 16.5. The first-order valence-corrected chi connectivity index (χ1v) is 6.94. The predicted octanol–water partition coefficient (Wildman–Crippen LogP) is 0.292. The van der Waals surface area contributed by atoms with E-state index >= 15 is 0 Å². The summed E-state index contributed by atoms with van der Waals surface area (Å²) in [5, 5.41) is 3.43. The summed E-state index contributed by atoms with van der Waals surface area (Å²) in [6.45, 7) is 8.28. The Balaban J connectivity index is 1.56. The van der Waals surface area contributed by atoms with Gasteiger partial charge in [0, 0.05) is 50.5 Å². The summed E-state index contributed by atoms with van der Waals surface area (Å²) < 4.78 is 7.70. The molecule has 1 N–H and O–H groups in total. The highest BCUT2D eigenvalue weighted by Crippen LogP contribution is 2.21. The SMILES string of the molecule is c1ncn(CCN2CCOCC2)c1C1CCNC1. The summed E-state index contributed by atoms with van der Waals surface area (Å²) in [4.78, 5) is 6.79. The van der Waals surface area contributed by atoms with Gasteiger partial charge < -0.3 is 14.6 Å². The maximum atomic E-state index is 5.37. The van der Waals surface area contributed by atoms with E-state index in [-0.39, 0.29) is 0 Å². The van der Waals surface area contributed by atoms with Gasteiger partial charge >= 0.3 is 0 Å². The molecule has 5 nitrogen and oxygen atoms in total. The molecule has 100 valence electrons. The molecule has 0 spiro atoms. The van der Waals surface area contributed by atoms with Gasteiger partial charge in [-0.3, -0.25) is 4.90 Å². The average molecular weight is 250 g/mol. The topological polar surface area (TPSA) is 42.3 Å². The zero-order chi connectivity index (χ0) is 12.2. The van der Waals surface area contributed by atoms with Crippen molar-refractivity contribution in [2.45, 2.75) is 18.9 Å². The fourth-order valence-electron chi connectivity index (χ4n) is 2.84. The van der Waals surface area contributed by atoms with E-state index in [0.29, 0.717) is 5.92 Å². The smallest absolute Gasteiger partial charge is 0.0948 e. The number of hydrogen-bond donors (Lipinski definition) is 1. The minimum absolute atomic E-state index is 0.650. The number of aromatic nitrogens is 2. The first-order chi connectivity index (χ1) is 8.93. The maximum Gasteiger partial charge on any atom is 0.0948 e. The van der Waals surface area contributed by atoms with Crippen LogP contribution in [-0.4, -0.2) is 60.4 Å². The van der Waals surface area contributed by atoms with Crippen LogP contribution in [0.4, 0.5) is 0 Å². The Morgan fingerprint density at radius 1 is 1.33 bits per heavy atom. The maximum absolute atomic E-state index is 5.37. The number of rotatable bonds is 4. The molecule has 0 radical (unpaired) electrons. The lowest BCUT2D eigenvalue weighted by atomic mass is 10.1. The molecule has 1 aromatic heterocycles. The van der Waals surface area contributed by atoms with Crippen LogP contribution < -0.4 is 5.32 Å². The minimum atomic E-state index is 0.650. The van der Waals surface area contributed by atoms with Crippen LogP contribution in [0.5, 0.6) is 0 Å². The van der Waals surface area contributed by atoms with Crippen LogP contribution in [0.2, 0.25) is 0 Å². The van der Waals surface area contributed by atoms with Crippen molar-refractivity contribution in [3.63, 3.8) is 0 Å². The van der Waals surface area contributed by atoms with E-state index in [2.05, 4.69) is 19.8 Å². The molecular weight excluding hydrogens is 228 g/mol. The molecule has 5 heteroatoms. The summed E-state index contributed by atoms with van der Waals surface area (Å²) in [5.41, 5.74) is 1.40. The van der Waals surface area contributed by atoms with Crippen molar-refractivity contribution in [2.75, 3.05) is 45.9 Å². The third kappa shape index (κ3) is 2.74. The van der Waals surface area contributed by atoms with Gasteiger partial charge in [0.05, 0.1) is 19.5 Å². The first kappa shape index (κ1) is 12.1. The summed E-state index contributed by atoms with van der Waals surface area (Å²) in [6.07, 6.45) is 5.26. The molecule has 0 amide bonds. The zero-order valence-electron chi connectivity index (χ0n) is 10.8. The van der Waals surface area contributed by atoms with Crippen LogP contribution in [0.3, 0.4) is 0 Å². The van der Waals surface area contributed by atoms with Crippen molar-refractivity contribution < 1.29 is 4.74 Å². The van der Waals surface area contributed by atoms with E-state index in [1.807, 2.05) is 12.5 Å². The van der Waals surface area contributed by atoms with E-state index in [9.17, 15) is 0 Å². The molecule has 0 bridgehead atoms. The largest absolute Gasteiger partial charge is 0.379 e. The van der Waals surface area contributed by atoms with Gasteiger partial charge in [0.2, 0.25) is 0 Å². The third-order valence-corrected chi connectivity index (χ3v) is 3.98. The van der Waals surface area contributed by atoms with Gasteiger partial charge in [-0.05, 0) is 13.0 Å². The lowest BCUT2D eigenvalue weighted by molar-refractivity contribution is 0.0363. The Kier molecular flexibility index (Phi) is 3.93. The summed E-state index contributed by atoms with van der Waals surface area (Å²) in [7, 11) is 0. The predicted molar refractivity (Wildman–Crippen MR) is 69.7 cm³/mol. The van der Waals surface area contributed by atoms with Crippen LogP contribution in [-0.2, 0) is 11.3 Å². The first-order valence-electron chi connectivity index (χ1n) is 6.94. The third-order valence-electron chi connectivity index (χ3n) is 3.98. The number of morpholine rings is 1. The second-order valence-corrected chi connectivity index (χ2v) is 5.16. The van der Waals surface area contributed by atoms with Crippen molar-refractivity contribution in [2.24, 2.45) is 0 Å². The number of imidazole rings is 1. The Bertz CT molecular complexity index is 367. The second kappa shape index (κ2) is 5.82. The Labute approximate surface area is 108 Å². The molecule has 0 saturated carbocycles. The van der Waals surface area contributed by atoms with Crippen molar-refractivity contribution in [1.29, 1.82) is 0 Å². The normalized spacial score (nSPS) is 25.7. The average Bonchev–Trinajstić information content (AvgIpc) is 3.08. The molecule has 1 unspecified atom stereocenters. The van der Waals surface area contributed by atoms with Gasteiger partial charge in [0.25, 0.3) is 0 Å². The quantitative estimate of drug-likeness (QED) is 0.834. The highest BCUT2D eigenvalue weighted by Gasteiger charge is 2.20. The summed E-state index contributed by atoms with van der Waals surface area (Å²) >= 11 is 0. The van der Waals surface area contributed by atoms with Crippen LogP contribution in [0.25, 0.3) is 0 Å². The van der Waals surface area contributed by atoms with E-state index in [1.54, 1.807) is 0 Å². The second-order valence-electron chi connectivity index (χ2n) is 5.16. The zero-order valence-corrected chi connectivity index (χ0v) is 10.8. The monoisotopic (exact) mass is 250 g/mol. The Morgan fingerprint density at radius 3 is 3.00 bits per heavy atom. The standard InChI is InChI=1S/C13H22N4O/c1-2-14-9-12(1)13-10-15-11-17(13)4-3-16-5-7-18-8-6-16/h10-12,14H,1-9H2. The molecule has 0 aromatic carbocycles. The molecule has 2 aliphatic heterocycles. The fraction of sp³-hybridized carbons (Fsp3) is 0.769. The number of nitrogens with one attached hydrogen (secondary N) is 1. The lowest BCUT2D eigenvalue weighted by Gasteiger charge is -2.27. The number of ether oxygens (including phenoxy) is 1. The molecular formula is C13H22N4O. The number of nitrogens with zero attached hydrogens (tertiary/aromatic N) is 3. The Hall–Kier alpha value is -0.910. The summed E-state index contributed by atoms with van der Waals surface area (Å²) in [5.74, 6) is 0.650.